The highest BCUT2D eigenvalue weighted by atomic mass is 19.3. The second-order valence-corrected chi connectivity index (χ2v) is 5.65. The number of hydrogen-bond acceptors (Lipinski definition) is 3. The average molecular weight is 284 g/mol. The van der Waals surface area contributed by atoms with E-state index in [2.05, 4.69) is 22.4 Å². The molecule has 2 aliphatic rings. The molecule has 20 heavy (non-hydrogen) atoms. The molecular formula is C13H18F2N4O. The van der Waals surface area contributed by atoms with Gasteiger partial charge in [0.25, 0.3) is 5.91 Å². The normalized spacial score (nSPS) is 29.9. The van der Waals surface area contributed by atoms with Crippen LogP contribution < -0.4 is 5.32 Å². The Hall–Kier alpha value is -1.50. The number of nitrogens with zero attached hydrogens (tertiary/aromatic N) is 3. The van der Waals surface area contributed by atoms with Crippen molar-refractivity contribution in [1.82, 2.24) is 20.0 Å². The fraction of sp³-hybridized carbons (Fsp3) is 0.692. The van der Waals surface area contributed by atoms with Crippen molar-refractivity contribution in [3.8, 4) is 0 Å². The summed E-state index contributed by atoms with van der Waals surface area (Å²) in [5.74, 6) is -0.363. The highest BCUT2D eigenvalue weighted by molar-refractivity contribution is 5.92. The Labute approximate surface area is 115 Å². The third-order valence-electron chi connectivity index (χ3n) is 4.47. The molecule has 3 rings (SSSR count). The van der Waals surface area contributed by atoms with E-state index in [1.807, 2.05) is 0 Å². The van der Waals surface area contributed by atoms with Gasteiger partial charge < -0.3 is 10.2 Å². The Kier molecular flexibility index (Phi) is 3.45. The number of carbonyl (C=O) groups excluding carboxylic acids is 1. The standard InChI is InChI=1S/C13H18F2N4O/c1-18-9-2-3-10(18)7-8(6-9)16-12(20)11-4-5-19(17-11)13(14)15/h4-5,8-10,13H,2-3,6-7H2,1H3,(H,16,20). The second kappa shape index (κ2) is 5.12. The van der Waals surface area contributed by atoms with Gasteiger partial charge in [-0.1, -0.05) is 0 Å². The summed E-state index contributed by atoms with van der Waals surface area (Å²) in [6, 6.07) is 2.49. The van der Waals surface area contributed by atoms with Crippen molar-refractivity contribution >= 4 is 5.91 Å². The molecule has 2 unspecified atom stereocenters. The van der Waals surface area contributed by atoms with Crippen LogP contribution in [-0.2, 0) is 0 Å². The predicted octanol–water partition coefficient (Wildman–Crippen LogP) is 1.63. The maximum absolute atomic E-state index is 12.4. The number of piperidine rings is 1. The quantitative estimate of drug-likeness (QED) is 0.918. The monoisotopic (exact) mass is 284 g/mol. The Balaban J connectivity index is 1.61. The van der Waals surface area contributed by atoms with Gasteiger partial charge in [-0.15, -0.1) is 0 Å². The van der Waals surface area contributed by atoms with Crippen LogP contribution in [0.2, 0.25) is 0 Å². The molecule has 0 spiro atoms. The summed E-state index contributed by atoms with van der Waals surface area (Å²) in [6.07, 6.45) is 5.32. The molecule has 2 saturated heterocycles. The van der Waals surface area contributed by atoms with Crippen molar-refractivity contribution in [3.05, 3.63) is 18.0 Å². The Bertz CT molecular complexity index is 490. The number of fused-ring (bicyclic) bond motifs is 2. The molecule has 7 heteroatoms. The predicted molar refractivity (Wildman–Crippen MR) is 68.5 cm³/mol. The molecule has 0 radical (unpaired) electrons. The summed E-state index contributed by atoms with van der Waals surface area (Å²) >= 11 is 0. The summed E-state index contributed by atoms with van der Waals surface area (Å²) in [4.78, 5) is 14.4. The second-order valence-electron chi connectivity index (χ2n) is 5.65. The first-order valence-electron chi connectivity index (χ1n) is 6.90. The van der Waals surface area contributed by atoms with Crippen molar-refractivity contribution in [2.75, 3.05) is 7.05 Å². The zero-order chi connectivity index (χ0) is 14.3. The molecule has 2 atom stereocenters. The number of amides is 1. The van der Waals surface area contributed by atoms with Gasteiger partial charge in [-0.2, -0.15) is 13.9 Å². The molecule has 2 fully saturated rings. The Morgan fingerprint density at radius 1 is 1.40 bits per heavy atom. The van der Waals surface area contributed by atoms with Crippen LogP contribution in [-0.4, -0.2) is 45.8 Å². The largest absolute Gasteiger partial charge is 0.348 e. The first-order chi connectivity index (χ1) is 9.54. The molecule has 110 valence electrons. The molecule has 1 aromatic rings. The van der Waals surface area contributed by atoms with Gasteiger partial charge in [-0.25, -0.2) is 4.68 Å². The van der Waals surface area contributed by atoms with Crippen LogP contribution >= 0.6 is 0 Å². The lowest BCUT2D eigenvalue weighted by Gasteiger charge is -2.36. The molecule has 2 bridgehead atoms. The summed E-state index contributed by atoms with van der Waals surface area (Å²) in [5.41, 5.74) is 0.0524. The average Bonchev–Trinajstić information content (AvgIpc) is 2.95. The summed E-state index contributed by atoms with van der Waals surface area (Å²) in [7, 11) is 2.13. The van der Waals surface area contributed by atoms with Gasteiger partial charge in [-0.3, -0.25) is 4.79 Å². The van der Waals surface area contributed by atoms with Gasteiger partial charge in [0.1, 0.15) is 5.69 Å². The minimum atomic E-state index is -2.71. The molecule has 0 aliphatic carbocycles. The Morgan fingerprint density at radius 3 is 2.60 bits per heavy atom. The van der Waals surface area contributed by atoms with Gasteiger partial charge in [0.05, 0.1) is 0 Å². The first-order valence-corrected chi connectivity index (χ1v) is 6.90. The maximum atomic E-state index is 12.4. The summed E-state index contributed by atoms with van der Waals surface area (Å²) in [6.45, 7) is -2.71. The number of nitrogens with one attached hydrogen (secondary N) is 1. The third-order valence-corrected chi connectivity index (χ3v) is 4.47. The minimum Gasteiger partial charge on any atom is -0.348 e. The number of hydrogen-bond donors (Lipinski definition) is 1. The van der Waals surface area contributed by atoms with E-state index in [1.54, 1.807) is 0 Å². The van der Waals surface area contributed by atoms with Crippen LogP contribution in [0.25, 0.3) is 0 Å². The SMILES string of the molecule is CN1C2CCC1CC(NC(=O)c1ccn(C(F)F)n1)C2. The van der Waals surface area contributed by atoms with Crippen LogP contribution in [0.15, 0.2) is 12.3 Å². The van der Waals surface area contributed by atoms with Crippen molar-refractivity contribution in [2.45, 2.75) is 50.4 Å². The van der Waals surface area contributed by atoms with E-state index in [-0.39, 0.29) is 17.6 Å². The minimum absolute atomic E-state index is 0.0524. The third kappa shape index (κ3) is 2.42. The van der Waals surface area contributed by atoms with E-state index in [4.69, 9.17) is 0 Å². The van der Waals surface area contributed by atoms with E-state index in [9.17, 15) is 13.6 Å². The number of alkyl halides is 2. The van der Waals surface area contributed by atoms with Gasteiger partial charge >= 0.3 is 6.55 Å². The van der Waals surface area contributed by atoms with Crippen molar-refractivity contribution in [1.29, 1.82) is 0 Å². The molecule has 1 amide bonds. The van der Waals surface area contributed by atoms with E-state index < -0.39 is 6.55 Å². The van der Waals surface area contributed by atoms with E-state index >= 15 is 0 Å². The van der Waals surface area contributed by atoms with Crippen LogP contribution in [0, 0.1) is 0 Å². The van der Waals surface area contributed by atoms with Crippen molar-refractivity contribution in [3.63, 3.8) is 0 Å². The molecule has 0 saturated carbocycles. The zero-order valence-corrected chi connectivity index (χ0v) is 11.3. The van der Waals surface area contributed by atoms with Crippen molar-refractivity contribution < 1.29 is 13.6 Å². The number of aromatic nitrogens is 2. The number of halogens is 2. The first kappa shape index (κ1) is 13.5. The zero-order valence-electron chi connectivity index (χ0n) is 11.3. The molecule has 0 aromatic carbocycles. The smallest absolute Gasteiger partial charge is 0.333 e. The summed E-state index contributed by atoms with van der Waals surface area (Å²) < 4.78 is 25.3. The van der Waals surface area contributed by atoms with Gasteiger partial charge in [-0.05, 0) is 38.8 Å². The lowest BCUT2D eigenvalue weighted by molar-refractivity contribution is 0.0558. The van der Waals surface area contributed by atoms with Gasteiger partial charge in [0, 0.05) is 24.3 Å². The van der Waals surface area contributed by atoms with Gasteiger partial charge in [0.2, 0.25) is 0 Å². The van der Waals surface area contributed by atoms with Crippen molar-refractivity contribution in [2.24, 2.45) is 0 Å². The fourth-order valence-electron chi connectivity index (χ4n) is 3.36. The molecule has 1 N–H and O–H groups in total. The topological polar surface area (TPSA) is 50.2 Å². The van der Waals surface area contributed by atoms with E-state index in [0.717, 1.165) is 19.0 Å². The molecular weight excluding hydrogens is 266 g/mol. The molecule has 3 heterocycles. The lowest BCUT2D eigenvalue weighted by atomic mass is 9.98. The highest BCUT2D eigenvalue weighted by Crippen LogP contribution is 2.34. The van der Waals surface area contributed by atoms with E-state index in [1.165, 1.54) is 18.9 Å². The van der Waals surface area contributed by atoms with Crippen LogP contribution in [0.1, 0.15) is 42.7 Å². The molecule has 2 aliphatic heterocycles. The van der Waals surface area contributed by atoms with Crippen LogP contribution in [0.5, 0.6) is 0 Å². The molecule has 1 aromatic heterocycles. The maximum Gasteiger partial charge on any atom is 0.333 e. The van der Waals surface area contributed by atoms with Crippen LogP contribution in [0.4, 0.5) is 8.78 Å². The Morgan fingerprint density at radius 2 is 2.05 bits per heavy atom. The van der Waals surface area contributed by atoms with E-state index in [0.29, 0.717) is 16.8 Å². The highest BCUT2D eigenvalue weighted by Gasteiger charge is 2.38. The van der Waals surface area contributed by atoms with Crippen LogP contribution in [0.3, 0.4) is 0 Å². The van der Waals surface area contributed by atoms with Gasteiger partial charge in [0.15, 0.2) is 0 Å². The number of rotatable bonds is 3. The lowest BCUT2D eigenvalue weighted by Crippen LogP contribution is -2.48. The summed E-state index contributed by atoms with van der Waals surface area (Å²) in [5, 5.41) is 6.51. The number of carbonyl (C=O) groups is 1. The fourth-order valence-corrected chi connectivity index (χ4v) is 3.36. The molecule has 5 nitrogen and oxygen atoms in total.